The number of likely N-dealkylation sites (tertiary alicyclic amines) is 1. The molecule has 1 atom stereocenters. The fourth-order valence-corrected chi connectivity index (χ4v) is 2.12. The molecule has 1 aliphatic carbocycles. The summed E-state index contributed by atoms with van der Waals surface area (Å²) in [6.45, 7) is 2.25. The van der Waals surface area contributed by atoms with Gasteiger partial charge in [-0.3, -0.25) is 4.90 Å². The van der Waals surface area contributed by atoms with Crippen LogP contribution >= 0.6 is 0 Å². The maximum absolute atomic E-state index is 9.87. The SMILES string of the molecule is NCC1(O)CCN(C2CCC2)C1. The van der Waals surface area contributed by atoms with Gasteiger partial charge in [0.25, 0.3) is 0 Å². The molecule has 1 aliphatic heterocycles. The van der Waals surface area contributed by atoms with Crippen LogP contribution in [0, 0.1) is 0 Å². The van der Waals surface area contributed by atoms with Crippen molar-refractivity contribution in [3.05, 3.63) is 0 Å². The summed E-state index contributed by atoms with van der Waals surface area (Å²) in [5.41, 5.74) is 4.94. The highest BCUT2D eigenvalue weighted by molar-refractivity contribution is 4.95. The van der Waals surface area contributed by atoms with Gasteiger partial charge < -0.3 is 10.8 Å². The molecule has 1 unspecified atom stereocenters. The molecule has 70 valence electrons. The standard InChI is InChI=1S/C9H18N2O/c10-6-9(12)4-5-11(7-9)8-2-1-3-8/h8,12H,1-7,10H2. The average Bonchev–Trinajstić information content (AvgIpc) is 2.31. The Labute approximate surface area is 73.5 Å². The molecule has 2 rings (SSSR count). The smallest absolute Gasteiger partial charge is 0.0907 e. The summed E-state index contributed by atoms with van der Waals surface area (Å²) in [5.74, 6) is 0. The lowest BCUT2D eigenvalue weighted by atomic mass is 9.92. The third-order valence-electron chi connectivity index (χ3n) is 3.33. The van der Waals surface area contributed by atoms with Gasteiger partial charge in [-0.15, -0.1) is 0 Å². The lowest BCUT2D eigenvalue weighted by Crippen LogP contribution is -2.44. The molecule has 2 aliphatic rings. The van der Waals surface area contributed by atoms with Gasteiger partial charge >= 0.3 is 0 Å². The van der Waals surface area contributed by atoms with Crippen molar-refractivity contribution >= 4 is 0 Å². The first-order valence-corrected chi connectivity index (χ1v) is 4.90. The molecule has 0 aromatic heterocycles. The summed E-state index contributed by atoms with van der Waals surface area (Å²) in [6, 6.07) is 0.755. The Morgan fingerprint density at radius 2 is 2.25 bits per heavy atom. The molecule has 3 nitrogen and oxygen atoms in total. The van der Waals surface area contributed by atoms with Crippen molar-refractivity contribution in [2.45, 2.75) is 37.3 Å². The molecule has 0 bridgehead atoms. The molecule has 0 radical (unpaired) electrons. The highest BCUT2D eigenvalue weighted by atomic mass is 16.3. The van der Waals surface area contributed by atoms with Crippen LogP contribution in [0.4, 0.5) is 0 Å². The number of nitrogens with two attached hydrogens (primary N) is 1. The zero-order valence-electron chi connectivity index (χ0n) is 7.50. The molecule has 1 heterocycles. The van der Waals surface area contributed by atoms with Crippen LogP contribution in [0.2, 0.25) is 0 Å². The molecule has 1 saturated carbocycles. The average molecular weight is 170 g/mol. The second kappa shape index (κ2) is 2.98. The molecular weight excluding hydrogens is 152 g/mol. The Morgan fingerprint density at radius 1 is 1.50 bits per heavy atom. The summed E-state index contributed by atoms with van der Waals surface area (Å²) < 4.78 is 0. The zero-order valence-corrected chi connectivity index (χ0v) is 7.50. The zero-order chi connectivity index (χ0) is 8.60. The van der Waals surface area contributed by atoms with Gasteiger partial charge in [-0.2, -0.15) is 0 Å². The molecular formula is C9H18N2O. The second-order valence-corrected chi connectivity index (χ2v) is 4.23. The molecule has 0 aromatic rings. The van der Waals surface area contributed by atoms with Crippen LogP contribution in [0.3, 0.4) is 0 Å². The Morgan fingerprint density at radius 3 is 2.67 bits per heavy atom. The maximum Gasteiger partial charge on any atom is 0.0907 e. The van der Waals surface area contributed by atoms with Crippen molar-refractivity contribution in [3.63, 3.8) is 0 Å². The Balaban J connectivity index is 1.88. The topological polar surface area (TPSA) is 49.5 Å². The third kappa shape index (κ3) is 1.37. The monoisotopic (exact) mass is 170 g/mol. The fourth-order valence-electron chi connectivity index (χ4n) is 2.12. The van der Waals surface area contributed by atoms with Crippen LogP contribution in [-0.2, 0) is 0 Å². The molecule has 0 amide bonds. The number of hydrogen-bond acceptors (Lipinski definition) is 3. The van der Waals surface area contributed by atoms with Gasteiger partial charge in [0.15, 0.2) is 0 Å². The van der Waals surface area contributed by atoms with E-state index in [-0.39, 0.29) is 0 Å². The first-order chi connectivity index (χ1) is 5.73. The summed E-state index contributed by atoms with van der Waals surface area (Å²) in [4.78, 5) is 2.40. The predicted molar refractivity (Wildman–Crippen MR) is 47.8 cm³/mol. The molecule has 0 aromatic carbocycles. The van der Waals surface area contributed by atoms with E-state index in [4.69, 9.17) is 5.73 Å². The van der Waals surface area contributed by atoms with Crippen LogP contribution in [0.1, 0.15) is 25.7 Å². The molecule has 0 spiro atoms. The Hall–Kier alpha value is -0.120. The fraction of sp³-hybridized carbons (Fsp3) is 1.00. The van der Waals surface area contributed by atoms with Crippen LogP contribution < -0.4 is 5.73 Å². The van der Waals surface area contributed by atoms with E-state index >= 15 is 0 Å². The minimum Gasteiger partial charge on any atom is -0.387 e. The largest absolute Gasteiger partial charge is 0.387 e. The number of nitrogens with zero attached hydrogens (tertiary/aromatic N) is 1. The number of rotatable bonds is 2. The first kappa shape index (κ1) is 8.48. The van der Waals surface area contributed by atoms with Gasteiger partial charge in [0, 0.05) is 25.7 Å². The van der Waals surface area contributed by atoms with E-state index in [0.29, 0.717) is 6.54 Å². The number of hydrogen-bond donors (Lipinski definition) is 2. The van der Waals surface area contributed by atoms with Crippen molar-refractivity contribution in [2.75, 3.05) is 19.6 Å². The van der Waals surface area contributed by atoms with Gasteiger partial charge in [0.1, 0.15) is 0 Å². The molecule has 3 N–H and O–H groups in total. The van der Waals surface area contributed by atoms with E-state index in [1.54, 1.807) is 0 Å². The van der Waals surface area contributed by atoms with Crippen LogP contribution in [0.25, 0.3) is 0 Å². The van der Waals surface area contributed by atoms with E-state index in [1.165, 1.54) is 19.3 Å². The minimum absolute atomic E-state index is 0.413. The minimum atomic E-state index is -0.574. The van der Waals surface area contributed by atoms with Gasteiger partial charge in [0.05, 0.1) is 5.60 Å². The van der Waals surface area contributed by atoms with E-state index in [9.17, 15) is 5.11 Å². The van der Waals surface area contributed by atoms with Crippen molar-refractivity contribution < 1.29 is 5.11 Å². The van der Waals surface area contributed by atoms with Crippen molar-refractivity contribution in [2.24, 2.45) is 5.73 Å². The first-order valence-electron chi connectivity index (χ1n) is 4.90. The van der Waals surface area contributed by atoms with Crippen LogP contribution in [-0.4, -0.2) is 41.3 Å². The highest BCUT2D eigenvalue weighted by Crippen LogP contribution is 2.30. The van der Waals surface area contributed by atoms with E-state index in [2.05, 4.69) is 4.90 Å². The van der Waals surface area contributed by atoms with Gasteiger partial charge in [-0.05, 0) is 19.3 Å². The van der Waals surface area contributed by atoms with Gasteiger partial charge in [-0.25, -0.2) is 0 Å². The summed E-state index contributed by atoms with van der Waals surface area (Å²) in [6.07, 6.45) is 4.86. The lowest BCUT2D eigenvalue weighted by molar-refractivity contribution is 0.0440. The van der Waals surface area contributed by atoms with Gasteiger partial charge in [0.2, 0.25) is 0 Å². The summed E-state index contributed by atoms with van der Waals surface area (Å²) in [5, 5.41) is 9.87. The highest BCUT2D eigenvalue weighted by Gasteiger charge is 2.38. The third-order valence-corrected chi connectivity index (χ3v) is 3.33. The Bertz CT molecular complexity index is 170. The van der Waals surface area contributed by atoms with E-state index in [1.807, 2.05) is 0 Å². The number of β-amino-alcohol motifs (C(OH)–C–C–N with tert-alkyl or cyclic N) is 1. The second-order valence-electron chi connectivity index (χ2n) is 4.23. The summed E-state index contributed by atoms with van der Waals surface area (Å²) >= 11 is 0. The molecule has 3 heteroatoms. The van der Waals surface area contributed by atoms with Crippen LogP contribution in [0.15, 0.2) is 0 Å². The Kier molecular flexibility index (Phi) is 2.10. The van der Waals surface area contributed by atoms with Gasteiger partial charge in [-0.1, -0.05) is 6.42 Å². The lowest BCUT2D eigenvalue weighted by Gasteiger charge is -2.35. The molecule has 1 saturated heterocycles. The summed E-state index contributed by atoms with van der Waals surface area (Å²) in [7, 11) is 0. The quantitative estimate of drug-likeness (QED) is 0.610. The number of aliphatic hydroxyl groups is 1. The molecule has 12 heavy (non-hydrogen) atoms. The maximum atomic E-state index is 9.87. The van der Waals surface area contributed by atoms with Crippen molar-refractivity contribution in [1.82, 2.24) is 4.90 Å². The van der Waals surface area contributed by atoms with Crippen molar-refractivity contribution in [3.8, 4) is 0 Å². The van der Waals surface area contributed by atoms with E-state index < -0.39 is 5.60 Å². The van der Waals surface area contributed by atoms with Crippen molar-refractivity contribution in [1.29, 1.82) is 0 Å². The normalized spacial score (nSPS) is 38.5. The molecule has 2 fully saturated rings. The van der Waals surface area contributed by atoms with E-state index in [0.717, 1.165) is 25.6 Å². The predicted octanol–water partition coefficient (Wildman–Crippen LogP) is -0.0656. The van der Waals surface area contributed by atoms with Crippen LogP contribution in [0.5, 0.6) is 0 Å².